The molecule has 1 spiro atoms. The predicted octanol–water partition coefficient (Wildman–Crippen LogP) is 1.67. The number of nitrogens with zero attached hydrogens (tertiary/aromatic N) is 1. The Bertz CT molecular complexity index is 491. The Hall–Kier alpha value is -1.30. The molecule has 3 heterocycles. The summed E-state index contributed by atoms with van der Waals surface area (Å²) in [7, 11) is 0. The van der Waals surface area contributed by atoms with Crippen LogP contribution in [0, 0.1) is 0 Å². The van der Waals surface area contributed by atoms with Crippen LogP contribution in [0.4, 0.5) is 0 Å². The summed E-state index contributed by atoms with van der Waals surface area (Å²) >= 11 is 0. The smallest absolute Gasteiger partial charge is 0.170 e. The molecule has 2 fully saturated rings. The fourth-order valence-corrected chi connectivity index (χ4v) is 3.30. The highest BCUT2D eigenvalue weighted by Gasteiger charge is 2.40. The zero-order valence-corrected chi connectivity index (χ0v) is 12.1. The van der Waals surface area contributed by atoms with Crippen LogP contribution >= 0.6 is 0 Å². The third-order valence-electron chi connectivity index (χ3n) is 4.46. The van der Waals surface area contributed by atoms with Gasteiger partial charge in [0.05, 0.1) is 13.2 Å². The standard InChI is InChI=1S/C16H21NO4/c1-2-4-15-14(3-1)18-12-13(21-15)11-17-7-5-16(6-8-17)19-9-10-20-16/h1-4,13H,5-12H2. The average molecular weight is 291 g/mol. The Morgan fingerprint density at radius 3 is 2.52 bits per heavy atom. The summed E-state index contributed by atoms with van der Waals surface area (Å²) in [6.45, 7) is 4.95. The lowest BCUT2D eigenvalue weighted by Gasteiger charge is -2.39. The van der Waals surface area contributed by atoms with Gasteiger partial charge in [-0.05, 0) is 12.1 Å². The Morgan fingerprint density at radius 2 is 1.76 bits per heavy atom. The normalized spacial score (nSPS) is 27.9. The van der Waals surface area contributed by atoms with Crippen molar-refractivity contribution in [2.45, 2.75) is 24.7 Å². The van der Waals surface area contributed by atoms with E-state index in [9.17, 15) is 0 Å². The van der Waals surface area contributed by atoms with Gasteiger partial charge < -0.3 is 18.9 Å². The first kappa shape index (κ1) is 13.4. The van der Waals surface area contributed by atoms with E-state index < -0.39 is 0 Å². The Morgan fingerprint density at radius 1 is 1.05 bits per heavy atom. The second kappa shape index (κ2) is 5.48. The first-order valence-electron chi connectivity index (χ1n) is 7.72. The van der Waals surface area contributed by atoms with E-state index in [4.69, 9.17) is 18.9 Å². The number of para-hydroxylation sites is 2. The number of fused-ring (bicyclic) bond motifs is 1. The molecular weight excluding hydrogens is 270 g/mol. The Labute approximate surface area is 124 Å². The van der Waals surface area contributed by atoms with E-state index in [1.807, 2.05) is 24.3 Å². The van der Waals surface area contributed by atoms with Crippen molar-refractivity contribution in [2.75, 3.05) is 39.5 Å². The van der Waals surface area contributed by atoms with E-state index in [1.54, 1.807) is 0 Å². The number of benzene rings is 1. The third kappa shape index (κ3) is 2.73. The molecule has 3 aliphatic rings. The van der Waals surface area contributed by atoms with E-state index in [0.29, 0.717) is 6.61 Å². The molecule has 3 aliphatic heterocycles. The number of hydrogen-bond acceptors (Lipinski definition) is 5. The van der Waals surface area contributed by atoms with E-state index in [2.05, 4.69) is 4.90 Å². The van der Waals surface area contributed by atoms with Gasteiger partial charge in [-0.3, -0.25) is 4.90 Å². The number of ether oxygens (including phenoxy) is 4. The van der Waals surface area contributed by atoms with Crippen molar-refractivity contribution in [2.24, 2.45) is 0 Å². The summed E-state index contributed by atoms with van der Waals surface area (Å²) in [6, 6.07) is 7.86. The van der Waals surface area contributed by atoms with Gasteiger partial charge >= 0.3 is 0 Å². The summed E-state index contributed by atoms with van der Waals surface area (Å²) in [6.07, 6.45) is 1.98. The van der Waals surface area contributed by atoms with Crippen LogP contribution in [0.1, 0.15) is 12.8 Å². The molecule has 1 unspecified atom stereocenters. The maximum absolute atomic E-state index is 6.02. The quantitative estimate of drug-likeness (QED) is 0.829. The second-order valence-electron chi connectivity index (χ2n) is 5.91. The molecule has 0 aliphatic carbocycles. The van der Waals surface area contributed by atoms with E-state index >= 15 is 0 Å². The molecule has 21 heavy (non-hydrogen) atoms. The highest BCUT2D eigenvalue weighted by Crippen LogP contribution is 2.33. The molecule has 5 nitrogen and oxygen atoms in total. The molecule has 0 radical (unpaired) electrons. The van der Waals surface area contributed by atoms with Crippen molar-refractivity contribution >= 4 is 0 Å². The molecule has 0 amide bonds. The molecule has 0 aromatic heterocycles. The maximum atomic E-state index is 6.02. The van der Waals surface area contributed by atoms with Crippen molar-refractivity contribution in [1.29, 1.82) is 0 Å². The van der Waals surface area contributed by atoms with Crippen LogP contribution in [0.25, 0.3) is 0 Å². The van der Waals surface area contributed by atoms with Gasteiger partial charge in [0, 0.05) is 32.5 Å². The SMILES string of the molecule is c1ccc2c(c1)OCC(CN1CCC3(CC1)OCCO3)O2. The third-order valence-corrected chi connectivity index (χ3v) is 4.46. The lowest BCUT2D eigenvalue weighted by Crippen LogP contribution is -2.49. The summed E-state index contributed by atoms with van der Waals surface area (Å²) in [5.41, 5.74) is 0. The minimum Gasteiger partial charge on any atom is -0.486 e. The predicted molar refractivity (Wildman–Crippen MR) is 76.7 cm³/mol. The van der Waals surface area contributed by atoms with Gasteiger partial charge in [-0.25, -0.2) is 0 Å². The molecule has 1 aromatic carbocycles. The Kier molecular flexibility index (Phi) is 3.49. The van der Waals surface area contributed by atoms with Gasteiger partial charge in [0.2, 0.25) is 0 Å². The minimum atomic E-state index is -0.299. The van der Waals surface area contributed by atoms with E-state index in [0.717, 1.165) is 57.2 Å². The zero-order chi connectivity index (χ0) is 14.1. The van der Waals surface area contributed by atoms with Crippen LogP contribution < -0.4 is 9.47 Å². The van der Waals surface area contributed by atoms with Gasteiger partial charge in [0.1, 0.15) is 12.7 Å². The molecule has 1 atom stereocenters. The lowest BCUT2D eigenvalue weighted by molar-refractivity contribution is -0.186. The van der Waals surface area contributed by atoms with Crippen LogP contribution in [0.2, 0.25) is 0 Å². The van der Waals surface area contributed by atoms with Crippen LogP contribution in [0.3, 0.4) is 0 Å². The van der Waals surface area contributed by atoms with Crippen LogP contribution in [0.5, 0.6) is 11.5 Å². The van der Waals surface area contributed by atoms with Crippen molar-refractivity contribution in [3.05, 3.63) is 24.3 Å². The number of hydrogen-bond donors (Lipinski definition) is 0. The average Bonchev–Trinajstić information content (AvgIpc) is 2.98. The highest BCUT2D eigenvalue weighted by atomic mass is 16.7. The molecule has 1 aromatic rings. The first-order chi connectivity index (χ1) is 10.3. The Balaban J connectivity index is 1.32. The maximum Gasteiger partial charge on any atom is 0.170 e. The van der Waals surface area contributed by atoms with Gasteiger partial charge in [0.25, 0.3) is 0 Å². The van der Waals surface area contributed by atoms with Crippen molar-refractivity contribution in [3.63, 3.8) is 0 Å². The highest BCUT2D eigenvalue weighted by molar-refractivity contribution is 5.40. The minimum absolute atomic E-state index is 0.0966. The largest absolute Gasteiger partial charge is 0.486 e. The molecule has 0 bridgehead atoms. The van der Waals surface area contributed by atoms with Crippen molar-refractivity contribution < 1.29 is 18.9 Å². The van der Waals surface area contributed by atoms with Crippen LogP contribution in [-0.2, 0) is 9.47 Å². The summed E-state index contributed by atoms with van der Waals surface area (Å²) in [5.74, 6) is 1.40. The number of likely N-dealkylation sites (tertiary alicyclic amines) is 1. The van der Waals surface area contributed by atoms with E-state index in [1.165, 1.54) is 0 Å². The van der Waals surface area contributed by atoms with Crippen LogP contribution in [-0.4, -0.2) is 56.2 Å². The topological polar surface area (TPSA) is 40.2 Å². The van der Waals surface area contributed by atoms with E-state index in [-0.39, 0.29) is 11.9 Å². The van der Waals surface area contributed by atoms with Crippen LogP contribution in [0.15, 0.2) is 24.3 Å². The first-order valence-corrected chi connectivity index (χ1v) is 7.72. The molecule has 5 heteroatoms. The number of rotatable bonds is 2. The van der Waals surface area contributed by atoms with Gasteiger partial charge in [-0.2, -0.15) is 0 Å². The molecule has 4 rings (SSSR count). The van der Waals surface area contributed by atoms with Crippen molar-refractivity contribution in [3.8, 4) is 11.5 Å². The summed E-state index contributed by atoms with van der Waals surface area (Å²) in [4.78, 5) is 2.41. The summed E-state index contributed by atoms with van der Waals surface area (Å²) < 4.78 is 23.3. The fourth-order valence-electron chi connectivity index (χ4n) is 3.30. The zero-order valence-electron chi connectivity index (χ0n) is 12.1. The summed E-state index contributed by atoms with van der Waals surface area (Å²) in [5, 5.41) is 0. The van der Waals surface area contributed by atoms with Crippen molar-refractivity contribution in [1.82, 2.24) is 4.90 Å². The fraction of sp³-hybridized carbons (Fsp3) is 0.625. The lowest BCUT2D eigenvalue weighted by atomic mass is 10.0. The molecule has 0 N–H and O–H groups in total. The number of piperidine rings is 1. The van der Waals surface area contributed by atoms with Gasteiger partial charge in [-0.1, -0.05) is 12.1 Å². The molecule has 2 saturated heterocycles. The second-order valence-corrected chi connectivity index (χ2v) is 5.91. The molecule has 0 saturated carbocycles. The molecule has 114 valence electrons. The van der Waals surface area contributed by atoms with Gasteiger partial charge in [-0.15, -0.1) is 0 Å². The van der Waals surface area contributed by atoms with Gasteiger partial charge in [0.15, 0.2) is 17.3 Å². The monoisotopic (exact) mass is 291 g/mol. The molecular formula is C16H21NO4.